The van der Waals surface area contributed by atoms with E-state index in [1.807, 2.05) is 0 Å². The van der Waals surface area contributed by atoms with Crippen molar-refractivity contribution in [3.8, 4) is 5.75 Å². The molecule has 0 aliphatic heterocycles. The van der Waals surface area contributed by atoms with Crippen LogP contribution < -0.4 is 4.74 Å². The molecule has 0 amide bonds. The smallest absolute Gasteiger partial charge is 0.343 e. The molecular formula is C15H13BrClNO4S. The molecule has 0 saturated heterocycles. The zero-order valence-corrected chi connectivity index (χ0v) is 15.4. The average molecular weight is 419 g/mol. The van der Waals surface area contributed by atoms with Gasteiger partial charge in [0.25, 0.3) is 0 Å². The van der Waals surface area contributed by atoms with Gasteiger partial charge in [0, 0.05) is 23.6 Å². The van der Waals surface area contributed by atoms with Crippen molar-refractivity contribution in [3.05, 3.63) is 57.5 Å². The van der Waals surface area contributed by atoms with Crippen molar-refractivity contribution in [1.82, 2.24) is 4.31 Å². The van der Waals surface area contributed by atoms with E-state index in [9.17, 15) is 13.2 Å². The predicted molar refractivity (Wildman–Crippen MR) is 91.4 cm³/mol. The molecule has 0 radical (unpaired) electrons. The molecule has 0 aromatic heterocycles. The van der Waals surface area contributed by atoms with Gasteiger partial charge in [0.05, 0.1) is 10.5 Å². The zero-order chi connectivity index (χ0) is 17.2. The van der Waals surface area contributed by atoms with Crippen LogP contribution in [0.1, 0.15) is 10.4 Å². The Kier molecular flexibility index (Phi) is 5.46. The van der Waals surface area contributed by atoms with E-state index in [4.69, 9.17) is 16.3 Å². The monoisotopic (exact) mass is 417 g/mol. The van der Waals surface area contributed by atoms with Gasteiger partial charge in [-0.15, -0.1) is 0 Å². The van der Waals surface area contributed by atoms with Gasteiger partial charge >= 0.3 is 5.97 Å². The summed E-state index contributed by atoms with van der Waals surface area (Å²) in [5, 5.41) is 0.432. The van der Waals surface area contributed by atoms with Gasteiger partial charge in [-0.2, -0.15) is 0 Å². The minimum atomic E-state index is -3.69. The summed E-state index contributed by atoms with van der Waals surface area (Å²) in [6.45, 7) is 0. The largest absolute Gasteiger partial charge is 0.423 e. The third-order valence-electron chi connectivity index (χ3n) is 2.93. The summed E-state index contributed by atoms with van der Waals surface area (Å²) in [5.74, 6) is -0.391. The summed E-state index contributed by atoms with van der Waals surface area (Å²) in [7, 11) is -0.855. The molecule has 2 aromatic carbocycles. The van der Waals surface area contributed by atoms with E-state index in [2.05, 4.69) is 15.9 Å². The maximum atomic E-state index is 12.3. The van der Waals surface area contributed by atoms with Crippen molar-refractivity contribution in [2.45, 2.75) is 4.90 Å². The second kappa shape index (κ2) is 7.00. The molecule has 0 fully saturated rings. The fraction of sp³-hybridized carbons (Fsp3) is 0.133. The molecule has 2 rings (SSSR count). The number of halogens is 2. The van der Waals surface area contributed by atoms with Gasteiger partial charge in [0.2, 0.25) is 10.0 Å². The maximum absolute atomic E-state index is 12.3. The lowest BCUT2D eigenvalue weighted by molar-refractivity contribution is 0.0734. The number of carbonyl (C=O) groups is 1. The molecule has 0 aliphatic rings. The molecular weight excluding hydrogens is 406 g/mol. The lowest BCUT2D eigenvalue weighted by atomic mass is 10.2. The summed E-state index contributed by atoms with van der Waals surface area (Å²) in [5.41, 5.74) is 0.119. The highest BCUT2D eigenvalue weighted by atomic mass is 79.9. The van der Waals surface area contributed by atoms with Crippen molar-refractivity contribution in [3.63, 3.8) is 0 Å². The summed E-state index contributed by atoms with van der Waals surface area (Å²) in [6, 6.07) is 10.6. The fourth-order valence-electron chi connectivity index (χ4n) is 1.72. The van der Waals surface area contributed by atoms with Gasteiger partial charge in [-0.3, -0.25) is 0 Å². The molecule has 8 heteroatoms. The van der Waals surface area contributed by atoms with E-state index in [-0.39, 0.29) is 16.2 Å². The van der Waals surface area contributed by atoms with Crippen LogP contribution in [0.4, 0.5) is 0 Å². The van der Waals surface area contributed by atoms with Crippen molar-refractivity contribution < 1.29 is 17.9 Å². The molecule has 0 aliphatic carbocycles. The fourth-order valence-corrected chi connectivity index (χ4v) is 3.75. The molecule has 2 aromatic rings. The van der Waals surface area contributed by atoms with Crippen molar-refractivity contribution in [2.75, 3.05) is 14.1 Å². The Balaban J connectivity index is 2.36. The van der Waals surface area contributed by atoms with Gasteiger partial charge in [0.1, 0.15) is 5.75 Å². The molecule has 0 spiro atoms. The van der Waals surface area contributed by atoms with Gasteiger partial charge in [-0.25, -0.2) is 17.5 Å². The van der Waals surface area contributed by atoms with E-state index in [0.717, 1.165) is 4.31 Å². The Labute approximate surface area is 148 Å². The number of benzene rings is 2. The molecule has 122 valence electrons. The van der Waals surface area contributed by atoms with Crippen LogP contribution in [-0.4, -0.2) is 32.8 Å². The first-order valence-corrected chi connectivity index (χ1v) is 9.03. The number of rotatable bonds is 4. The minimum Gasteiger partial charge on any atom is -0.423 e. The van der Waals surface area contributed by atoms with Crippen molar-refractivity contribution >= 4 is 43.5 Å². The topological polar surface area (TPSA) is 63.7 Å². The second-order valence-electron chi connectivity index (χ2n) is 4.78. The number of sulfonamides is 1. The first-order valence-electron chi connectivity index (χ1n) is 6.41. The molecule has 0 atom stereocenters. The lowest BCUT2D eigenvalue weighted by Crippen LogP contribution is -2.23. The lowest BCUT2D eigenvalue weighted by Gasteiger charge is -2.13. The number of esters is 1. The van der Waals surface area contributed by atoms with Crippen LogP contribution in [0, 0.1) is 0 Å². The Morgan fingerprint density at radius 3 is 2.48 bits per heavy atom. The third-order valence-corrected chi connectivity index (χ3v) is 5.98. The van der Waals surface area contributed by atoms with Gasteiger partial charge in [-0.05, 0) is 52.3 Å². The molecule has 0 N–H and O–H groups in total. The van der Waals surface area contributed by atoms with Crippen LogP contribution in [0.25, 0.3) is 0 Å². The average Bonchev–Trinajstić information content (AvgIpc) is 2.47. The van der Waals surface area contributed by atoms with Crippen molar-refractivity contribution in [2.24, 2.45) is 0 Å². The van der Waals surface area contributed by atoms with Gasteiger partial charge < -0.3 is 4.74 Å². The minimum absolute atomic E-state index is 0.0111. The summed E-state index contributed by atoms with van der Waals surface area (Å²) >= 11 is 9.02. The number of nitrogens with zero attached hydrogens (tertiary/aromatic N) is 1. The van der Waals surface area contributed by atoms with E-state index in [1.54, 1.807) is 18.2 Å². The van der Waals surface area contributed by atoms with Crippen LogP contribution in [0.2, 0.25) is 5.02 Å². The Hall–Kier alpha value is -1.41. The van der Waals surface area contributed by atoms with Gasteiger partial charge in [-0.1, -0.05) is 17.7 Å². The van der Waals surface area contributed by atoms with E-state index < -0.39 is 16.0 Å². The van der Waals surface area contributed by atoms with Crippen LogP contribution in [-0.2, 0) is 10.0 Å². The highest BCUT2D eigenvalue weighted by Gasteiger charge is 2.22. The van der Waals surface area contributed by atoms with E-state index >= 15 is 0 Å². The molecule has 0 heterocycles. The third kappa shape index (κ3) is 4.11. The number of ether oxygens (including phenoxy) is 1. The highest BCUT2D eigenvalue weighted by molar-refractivity contribution is 9.10. The SMILES string of the molecule is CN(C)S(=O)(=O)c1cc(C(=O)Oc2cccc(Cl)c2)ccc1Br. The quantitative estimate of drug-likeness (QED) is 0.562. The molecule has 5 nitrogen and oxygen atoms in total. The first kappa shape index (κ1) is 17.9. The molecule has 0 unspecified atom stereocenters. The maximum Gasteiger partial charge on any atom is 0.343 e. The summed E-state index contributed by atoms with van der Waals surface area (Å²) in [6.07, 6.45) is 0. The van der Waals surface area contributed by atoms with Crippen LogP contribution in [0.3, 0.4) is 0 Å². The van der Waals surface area contributed by atoms with E-state index in [0.29, 0.717) is 9.50 Å². The number of carbonyl (C=O) groups excluding carboxylic acids is 1. The van der Waals surface area contributed by atoms with Crippen molar-refractivity contribution in [1.29, 1.82) is 0 Å². The summed E-state index contributed by atoms with van der Waals surface area (Å²) < 4.78 is 31.2. The molecule has 23 heavy (non-hydrogen) atoms. The Morgan fingerprint density at radius 2 is 1.87 bits per heavy atom. The van der Waals surface area contributed by atoms with Crippen LogP contribution in [0.5, 0.6) is 5.75 Å². The molecule has 0 saturated carbocycles. The second-order valence-corrected chi connectivity index (χ2v) is 8.19. The van der Waals surface area contributed by atoms with E-state index in [1.165, 1.54) is 38.4 Å². The Bertz CT molecular complexity index is 852. The Morgan fingerprint density at radius 1 is 1.17 bits per heavy atom. The predicted octanol–water partition coefficient (Wildman–Crippen LogP) is 3.57. The van der Waals surface area contributed by atoms with Crippen LogP contribution in [0.15, 0.2) is 51.8 Å². The standard InChI is InChI=1S/C15H13BrClNO4S/c1-18(2)23(20,21)14-8-10(6-7-13(14)16)15(19)22-12-5-3-4-11(17)9-12/h3-9H,1-2H3. The first-order chi connectivity index (χ1) is 10.7. The zero-order valence-electron chi connectivity index (χ0n) is 12.3. The number of hydrogen-bond acceptors (Lipinski definition) is 4. The molecule has 0 bridgehead atoms. The normalized spacial score (nSPS) is 11.5. The highest BCUT2D eigenvalue weighted by Crippen LogP contribution is 2.26. The summed E-state index contributed by atoms with van der Waals surface area (Å²) in [4.78, 5) is 12.2. The van der Waals surface area contributed by atoms with Crippen LogP contribution >= 0.6 is 27.5 Å². The number of hydrogen-bond donors (Lipinski definition) is 0. The van der Waals surface area contributed by atoms with Gasteiger partial charge in [0.15, 0.2) is 0 Å².